The van der Waals surface area contributed by atoms with Gasteiger partial charge in [-0.05, 0) is 56.5 Å². The summed E-state index contributed by atoms with van der Waals surface area (Å²) in [5.41, 5.74) is 2.32. The minimum absolute atomic E-state index is 0.0711. The van der Waals surface area contributed by atoms with Gasteiger partial charge >= 0.3 is 0 Å². The first-order chi connectivity index (χ1) is 12.9. The molecule has 5 N–H and O–H groups in total. The molecule has 0 aliphatic rings. The zero-order chi connectivity index (χ0) is 19.8. The van der Waals surface area contributed by atoms with Crippen LogP contribution in [0.2, 0.25) is 0 Å². The summed E-state index contributed by atoms with van der Waals surface area (Å²) in [6.07, 6.45) is 0.893. The van der Waals surface area contributed by atoms with E-state index in [0.29, 0.717) is 24.2 Å². The molecule has 0 aliphatic carbocycles. The van der Waals surface area contributed by atoms with E-state index in [1.54, 1.807) is 6.07 Å². The van der Waals surface area contributed by atoms with Gasteiger partial charge in [0.25, 0.3) is 5.91 Å². The average Bonchev–Trinajstić information content (AvgIpc) is 2.65. The maximum atomic E-state index is 12.0. The Balaban J connectivity index is 1.65. The summed E-state index contributed by atoms with van der Waals surface area (Å²) in [5.74, 6) is -0.526. The number of aliphatic hydroxyl groups excluding tert-OH is 1. The van der Waals surface area contributed by atoms with Gasteiger partial charge < -0.3 is 26.0 Å². The number of hydrogen-bond donors (Lipinski definition) is 5. The molecule has 0 aromatic heterocycles. The van der Waals surface area contributed by atoms with E-state index < -0.39 is 6.10 Å². The molecule has 2 atom stereocenters. The summed E-state index contributed by atoms with van der Waals surface area (Å²) in [6, 6.07) is 11.9. The number of aliphatic hydroxyl groups is 1. The van der Waals surface area contributed by atoms with Gasteiger partial charge in [0.15, 0.2) is 11.5 Å². The third-order valence-electron chi connectivity index (χ3n) is 4.46. The van der Waals surface area contributed by atoms with E-state index in [9.17, 15) is 20.1 Å². The van der Waals surface area contributed by atoms with Crippen LogP contribution in [0.1, 0.15) is 47.4 Å². The molecule has 2 rings (SSSR count). The minimum atomic E-state index is -0.778. The number of phenols is 2. The van der Waals surface area contributed by atoms with Crippen LogP contribution in [0.4, 0.5) is 0 Å². The number of carbonyl (C=O) groups excluding carboxylic acids is 1. The van der Waals surface area contributed by atoms with Gasteiger partial charge in [-0.15, -0.1) is 0 Å². The van der Waals surface area contributed by atoms with E-state index in [0.717, 1.165) is 18.4 Å². The number of phenolic OH excluding ortho intramolecular Hbond substituents is 2. The fraction of sp³-hybridized carbons (Fsp3) is 0.381. The van der Waals surface area contributed by atoms with Crippen LogP contribution in [0.3, 0.4) is 0 Å². The monoisotopic (exact) mass is 372 g/mol. The van der Waals surface area contributed by atoms with Gasteiger partial charge in [0.05, 0.1) is 6.10 Å². The summed E-state index contributed by atoms with van der Waals surface area (Å²) in [5, 5.41) is 35.1. The van der Waals surface area contributed by atoms with Crippen LogP contribution < -0.4 is 10.6 Å². The number of rotatable bonds is 9. The topological polar surface area (TPSA) is 102 Å². The van der Waals surface area contributed by atoms with Crippen molar-refractivity contribution in [2.75, 3.05) is 13.1 Å². The predicted molar refractivity (Wildman–Crippen MR) is 105 cm³/mol. The second-order valence-corrected chi connectivity index (χ2v) is 6.84. The number of amides is 1. The quantitative estimate of drug-likeness (QED) is 0.344. The smallest absolute Gasteiger partial charge is 0.251 e. The molecule has 0 bridgehead atoms. The van der Waals surface area contributed by atoms with Crippen molar-refractivity contribution in [1.82, 2.24) is 10.6 Å². The van der Waals surface area contributed by atoms with Crippen LogP contribution >= 0.6 is 0 Å². The van der Waals surface area contributed by atoms with Crippen LogP contribution in [0.5, 0.6) is 11.5 Å². The zero-order valence-corrected chi connectivity index (χ0v) is 15.8. The summed E-state index contributed by atoms with van der Waals surface area (Å²) in [6.45, 7) is 4.93. The van der Waals surface area contributed by atoms with Gasteiger partial charge in [0, 0.05) is 24.7 Å². The summed E-state index contributed by atoms with van der Waals surface area (Å²) in [4.78, 5) is 12.0. The van der Waals surface area contributed by atoms with Crippen molar-refractivity contribution in [3.8, 4) is 11.5 Å². The third kappa shape index (κ3) is 6.58. The highest BCUT2D eigenvalue weighted by Crippen LogP contribution is 2.27. The number of benzene rings is 2. The first-order valence-electron chi connectivity index (χ1n) is 9.15. The molecule has 2 aromatic carbocycles. The van der Waals surface area contributed by atoms with Crippen molar-refractivity contribution in [3.63, 3.8) is 0 Å². The molecule has 0 heterocycles. The Kier molecular flexibility index (Phi) is 7.64. The molecular weight excluding hydrogens is 344 g/mol. The molecular formula is C21H28N2O4. The minimum Gasteiger partial charge on any atom is -0.504 e. The molecule has 0 saturated heterocycles. The molecule has 146 valence electrons. The number of hydrogen-bond acceptors (Lipinski definition) is 5. The van der Waals surface area contributed by atoms with Gasteiger partial charge in [0.2, 0.25) is 0 Å². The third-order valence-corrected chi connectivity index (χ3v) is 4.46. The lowest BCUT2D eigenvalue weighted by Gasteiger charge is -2.18. The molecule has 0 radical (unpaired) electrons. The fourth-order valence-corrected chi connectivity index (χ4v) is 2.70. The van der Waals surface area contributed by atoms with Crippen LogP contribution in [-0.4, -0.2) is 40.4 Å². The van der Waals surface area contributed by atoms with E-state index >= 15 is 0 Å². The van der Waals surface area contributed by atoms with E-state index in [1.807, 2.05) is 38.1 Å². The number of nitrogens with one attached hydrogen (secondary N) is 2. The maximum absolute atomic E-state index is 12.0. The number of aromatic hydroxyl groups is 2. The first kappa shape index (κ1) is 20.7. The lowest BCUT2D eigenvalue weighted by atomic mass is 10.1. The van der Waals surface area contributed by atoms with Crippen LogP contribution in [0.25, 0.3) is 0 Å². The Bertz CT molecular complexity index is 746. The van der Waals surface area contributed by atoms with Crippen molar-refractivity contribution in [2.45, 2.75) is 38.8 Å². The Labute approximate surface area is 159 Å². The lowest BCUT2D eigenvalue weighted by molar-refractivity contribution is 0.0952. The highest BCUT2D eigenvalue weighted by Gasteiger charge is 2.12. The summed E-state index contributed by atoms with van der Waals surface area (Å²) < 4.78 is 0. The average molecular weight is 372 g/mol. The molecule has 0 fully saturated rings. The van der Waals surface area contributed by atoms with Crippen molar-refractivity contribution >= 4 is 5.91 Å². The Morgan fingerprint density at radius 1 is 1.07 bits per heavy atom. The van der Waals surface area contributed by atoms with E-state index in [4.69, 9.17) is 0 Å². The standard InChI is InChI=1S/C21H28N2O4/c1-14-5-7-16(8-6-14)21(27)22-11-3-4-15(2)23-13-20(26)17-9-10-18(24)19(25)12-17/h5-10,12,15,20,23-26H,3-4,11,13H2,1-2H3,(H,22,27). The predicted octanol–water partition coefficient (Wildman–Crippen LogP) is 2.63. The maximum Gasteiger partial charge on any atom is 0.251 e. The second-order valence-electron chi connectivity index (χ2n) is 6.84. The first-order valence-corrected chi connectivity index (χ1v) is 9.15. The largest absolute Gasteiger partial charge is 0.504 e. The van der Waals surface area contributed by atoms with Gasteiger partial charge in [-0.3, -0.25) is 4.79 Å². The summed E-state index contributed by atoms with van der Waals surface area (Å²) >= 11 is 0. The molecule has 2 unspecified atom stereocenters. The van der Waals surface area contributed by atoms with Crippen LogP contribution in [-0.2, 0) is 0 Å². The molecule has 6 heteroatoms. The highest BCUT2D eigenvalue weighted by atomic mass is 16.3. The van der Waals surface area contributed by atoms with E-state index in [2.05, 4.69) is 10.6 Å². The van der Waals surface area contributed by atoms with Crippen molar-refractivity contribution in [2.24, 2.45) is 0 Å². The lowest BCUT2D eigenvalue weighted by Crippen LogP contribution is -2.32. The van der Waals surface area contributed by atoms with Gasteiger partial charge in [-0.1, -0.05) is 23.8 Å². The van der Waals surface area contributed by atoms with E-state index in [-0.39, 0.29) is 23.4 Å². The van der Waals surface area contributed by atoms with Crippen LogP contribution in [0, 0.1) is 6.92 Å². The van der Waals surface area contributed by atoms with Crippen molar-refractivity contribution in [3.05, 3.63) is 59.2 Å². The van der Waals surface area contributed by atoms with Crippen molar-refractivity contribution < 1.29 is 20.1 Å². The molecule has 6 nitrogen and oxygen atoms in total. The molecule has 0 saturated carbocycles. The Morgan fingerprint density at radius 2 is 1.78 bits per heavy atom. The van der Waals surface area contributed by atoms with Gasteiger partial charge in [-0.25, -0.2) is 0 Å². The molecule has 0 aliphatic heterocycles. The van der Waals surface area contributed by atoms with Gasteiger partial charge in [0.1, 0.15) is 0 Å². The second kappa shape index (κ2) is 9.94. The molecule has 27 heavy (non-hydrogen) atoms. The van der Waals surface area contributed by atoms with Gasteiger partial charge in [-0.2, -0.15) is 0 Å². The SMILES string of the molecule is Cc1ccc(C(=O)NCCCC(C)NCC(O)c2ccc(O)c(O)c2)cc1. The zero-order valence-electron chi connectivity index (χ0n) is 15.8. The number of carbonyl (C=O) groups is 1. The Morgan fingerprint density at radius 3 is 2.44 bits per heavy atom. The van der Waals surface area contributed by atoms with Crippen molar-refractivity contribution in [1.29, 1.82) is 0 Å². The molecule has 0 spiro atoms. The molecule has 1 amide bonds. The normalized spacial score (nSPS) is 13.1. The van der Waals surface area contributed by atoms with E-state index in [1.165, 1.54) is 12.1 Å². The van der Waals surface area contributed by atoms with Crippen LogP contribution in [0.15, 0.2) is 42.5 Å². The summed E-state index contributed by atoms with van der Waals surface area (Å²) in [7, 11) is 0. The fourth-order valence-electron chi connectivity index (χ4n) is 2.70. The molecule has 2 aromatic rings. The number of aryl methyl sites for hydroxylation is 1. The Hall–Kier alpha value is -2.57. The highest BCUT2D eigenvalue weighted by molar-refractivity contribution is 5.94.